The fourth-order valence-electron chi connectivity index (χ4n) is 3.03. The lowest BCUT2D eigenvalue weighted by molar-refractivity contribution is 0.374. The molecule has 0 amide bonds. The topological polar surface area (TPSA) is 53.7 Å². The zero-order valence-electron chi connectivity index (χ0n) is 15.9. The van der Waals surface area contributed by atoms with Crippen molar-refractivity contribution in [3.05, 3.63) is 59.5 Å². The predicted molar refractivity (Wildman–Crippen MR) is 106 cm³/mol. The van der Waals surface area contributed by atoms with Crippen LogP contribution < -0.4 is 5.32 Å². The zero-order valence-corrected chi connectivity index (χ0v) is 15.9. The first-order chi connectivity index (χ1) is 12.7. The minimum absolute atomic E-state index is 0.369. The van der Waals surface area contributed by atoms with Crippen LogP contribution in [0.25, 0.3) is 5.57 Å². The maximum atomic E-state index is 5.40. The van der Waals surface area contributed by atoms with Gasteiger partial charge in [0.25, 0.3) is 0 Å². The summed E-state index contributed by atoms with van der Waals surface area (Å²) in [6.45, 7) is 9.49. The van der Waals surface area contributed by atoms with Crippen molar-refractivity contribution in [2.45, 2.75) is 39.7 Å². The first kappa shape index (κ1) is 18.2. The molecule has 0 aliphatic carbocycles. The Labute approximate surface area is 155 Å². The third kappa shape index (κ3) is 4.54. The molecule has 0 bridgehead atoms. The van der Waals surface area contributed by atoms with E-state index in [2.05, 4.69) is 72.6 Å². The van der Waals surface area contributed by atoms with E-state index >= 15 is 0 Å². The van der Waals surface area contributed by atoms with Crippen LogP contribution in [0.4, 0.5) is 0 Å². The van der Waals surface area contributed by atoms with Crippen molar-refractivity contribution in [3.8, 4) is 0 Å². The zero-order chi connectivity index (χ0) is 18.4. The Hall–Kier alpha value is -2.56. The molecule has 0 radical (unpaired) electrons. The van der Waals surface area contributed by atoms with Crippen LogP contribution >= 0.6 is 0 Å². The molecule has 3 rings (SSSR count). The number of aliphatic imine (C=N–C) groups is 1. The summed E-state index contributed by atoms with van der Waals surface area (Å²) in [5, 5.41) is 7.50. The number of benzene rings is 1. The Bertz CT molecular complexity index is 761. The van der Waals surface area contributed by atoms with Crippen LogP contribution in [0.5, 0.6) is 0 Å². The van der Waals surface area contributed by atoms with Gasteiger partial charge in [-0.2, -0.15) is 0 Å². The fourth-order valence-corrected chi connectivity index (χ4v) is 3.03. The summed E-state index contributed by atoms with van der Waals surface area (Å²) < 4.78 is 5.40. The first-order valence-corrected chi connectivity index (χ1v) is 9.40. The molecule has 1 N–H and O–H groups in total. The Kier molecular flexibility index (Phi) is 6.10. The lowest BCUT2D eigenvalue weighted by atomic mass is 10.00. The molecule has 1 aromatic carbocycles. The molecule has 0 atom stereocenters. The molecule has 2 heterocycles. The second-order valence-corrected chi connectivity index (χ2v) is 6.83. The molecular formula is C21H28N4O. The van der Waals surface area contributed by atoms with E-state index in [4.69, 9.17) is 9.52 Å². The van der Waals surface area contributed by atoms with Crippen molar-refractivity contribution >= 4 is 11.5 Å². The van der Waals surface area contributed by atoms with Crippen molar-refractivity contribution in [1.29, 1.82) is 0 Å². The molecule has 5 nitrogen and oxygen atoms in total. The van der Waals surface area contributed by atoms with Gasteiger partial charge in [0.15, 0.2) is 11.7 Å². The molecule has 2 aromatic rings. The van der Waals surface area contributed by atoms with Gasteiger partial charge in [-0.15, -0.1) is 0 Å². The highest BCUT2D eigenvalue weighted by molar-refractivity contribution is 5.81. The van der Waals surface area contributed by atoms with Crippen LogP contribution in [-0.2, 0) is 6.54 Å². The van der Waals surface area contributed by atoms with Crippen LogP contribution in [0.1, 0.15) is 50.1 Å². The maximum absolute atomic E-state index is 5.40. The van der Waals surface area contributed by atoms with Gasteiger partial charge in [-0.1, -0.05) is 55.4 Å². The Morgan fingerprint density at radius 3 is 2.73 bits per heavy atom. The minimum atomic E-state index is 0.369. The van der Waals surface area contributed by atoms with E-state index in [0.717, 1.165) is 43.5 Å². The smallest absolute Gasteiger partial charge is 0.194 e. The highest BCUT2D eigenvalue weighted by Crippen LogP contribution is 2.22. The summed E-state index contributed by atoms with van der Waals surface area (Å²) >= 11 is 0. The molecule has 5 heteroatoms. The highest BCUT2D eigenvalue weighted by atomic mass is 16.5. The van der Waals surface area contributed by atoms with Gasteiger partial charge < -0.3 is 14.7 Å². The standard InChI is InChI=1S/C21H28N4O/c1-4-22-21(23-15-19-14-20(16(2)3)24-26-19)25-12-10-18(11-13-25)17-8-6-5-7-9-17/h5-10,14,16H,4,11-13,15H2,1-3H3,(H,22,23). The molecule has 0 saturated carbocycles. The molecule has 1 aliphatic rings. The average Bonchev–Trinajstić information content (AvgIpc) is 3.15. The Balaban J connectivity index is 1.67. The molecule has 138 valence electrons. The second kappa shape index (κ2) is 8.70. The number of hydrogen-bond donors (Lipinski definition) is 1. The molecular weight excluding hydrogens is 324 g/mol. The number of hydrogen-bond acceptors (Lipinski definition) is 3. The quantitative estimate of drug-likeness (QED) is 0.651. The molecule has 0 saturated heterocycles. The summed E-state index contributed by atoms with van der Waals surface area (Å²) in [5.41, 5.74) is 3.71. The van der Waals surface area contributed by atoms with Crippen LogP contribution in [0, 0.1) is 0 Å². The summed E-state index contributed by atoms with van der Waals surface area (Å²) in [6, 6.07) is 12.6. The van der Waals surface area contributed by atoms with Gasteiger partial charge >= 0.3 is 0 Å². The molecule has 1 aliphatic heterocycles. The predicted octanol–water partition coefficient (Wildman–Crippen LogP) is 4.05. The summed E-state index contributed by atoms with van der Waals surface area (Å²) in [5.74, 6) is 2.10. The first-order valence-electron chi connectivity index (χ1n) is 9.40. The summed E-state index contributed by atoms with van der Waals surface area (Å²) in [6.07, 6.45) is 3.32. The van der Waals surface area contributed by atoms with Crippen LogP contribution in [0.15, 0.2) is 52.0 Å². The molecule has 26 heavy (non-hydrogen) atoms. The summed E-state index contributed by atoms with van der Waals surface area (Å²) in [7, 11) is 0. The van der Waals surface area contributed by atoms with E-state index in [1.807, 2.05) is 6.07 Å². The fraction of sp³-hybridized carbons (Fsp3) is 0.429. The third-order valence-electron chi connectivity index (χ3n) is 4.54. The summed E-state index contributed by atoms with van der Waals surface area (Å²) in [4.78, 5) is 7.03. The van der Waals surface area contributed by atoms with E-state index in [-0.39, 0.29) is 0 Å². The SMILES string of the molecule is CCNC(=NCc1cc(C(C)C)no1)N1CC=C(c2ccccc2)CC1. The molecule has 0 spiro atoms. The van der Waals surface area contributed by atoms with Crippen molar-refractivity contribution in [2.24, 2.45) is 4.99 Å². The largest absolute Gasteiger partial charge is 0.359 e. The monoisotopic (exact) mass is 352 g/mol. The molecule has 0 fully saturated rings. The van der Waals surface area contributed by atoms with Gasteiger partial charge in [-0.05, 0) is 30.4 Å². The Morgan fingerprint density at radius 2 is 2.12 bits per heavy atom. The molecule has 1 aromatic heterocycles. The maximum Gasteiger partial charge on any atom is 0.194 e. The van der Waals surface area contributed by atoms with Crippen molar-refractivity contribution in [2.75, 3.05) is 19.6 Å². The van der Waals surface area contributed by atoms with Crippen molar-refractivity contribution < 1.29 is 4.52 Å². The number of nitrogens with one attached hydrogen (secondary N) is 1. The lowest BCUT2D eigenvalue weighted by Crippen LogP contribution is -2.43. The minimum Gasteiger partial charge on any atom is -0.359 e. The normalized spacial score (nSPS) is 15.3. The van der Waals surface area contributed by atoms with Crippen LogP contribution in [-0.4, -0.2) is 35.7 Å². The average molecular weight is 352 g/mol. The van der Waals surface area contributed by atoms with E-state index in [0.29, 0.717) is 12.5 Å². The number of aromatic nitrogens is 1. The number of rotatable bonds is 5. The van der Waals surface area contributed by atoms with E-state index in [9.17, 15) is 0 Å². The van der Waals surface area contributed by atoms with Crippen LogP contribution in [0.2, 0.25) is 0 Å². The van der Waals surface area contributed by atoms with Gasteiger partial charge in [-0.3, -0.25) is 0 Å². The van der Waals surface area contributed by atoms with Crippen molar-refractivity contribution in [1.82, 2.24) is 15.4 Å². The molecule has 0 unspecified atom stereocenters. The lowest BCUT2D eigenvalue weighted by Gasteiger charge is -2.29. The van der Waals surface area contributed by atoms with Gasteiger partial charge in [-0.25, -0.2) is 4.99 Å². The van der Waals surface area contributed by atoms with E-state index in [1.165, 1.54) is 11.1 Å². The Morgan fingerprint density at radius 1 is 1.31 bits per heavy atom. The van der Waals surface area contributed by atoms with Gasteiger partial charge in [0.1, 0.15) is 6.54 Å². The van der Waals surface area contributed by atoms with Gasteiger partial charge in [0.05, 0.1) is 5.69 Å². The van der Waals surface area contributed by atoms with Crippen molar-refractivity contribution in [3.63, 3.8) is 0 Å². The van der Waals surface area contributed by atoms with E-state index < -0.39 is 0 Å². The highest BCUT2D eigenvalue weighted by Gasteiger charge is 2.16. The number of guanidine groups is 1. The second-order valence-electron chi connectivity index (χ2n) is 6.83. The van der Waals surface area contributed by atoms with Crippen LogP contribution in [0.3, 0.4) is 0 Å². The van der Waals surface area contributed by atoms with Gasteiger partial charge in [0, 0.05) is 25.7 Å². The third-order valence-corrected chi connectivity index (χ3v) is 4.54. The van der Waals surface area contributed by atoms with Gasteiger partial charge in [0.2, 0.25) is 0 Å². The number of nitrogens with zero attached hydrogens (tertiary/aromatic N) is 3. The van der Waals surface area contributed by atoms with E-state index in [1.54, 1.807) is 0 Å².